The molecule has 0 fully saturated rings. The van der Waals surface area contributed by atoms with Crippen LogP contribution in [0.5, 0.6) is 0 Å². The first-order valence-electron chi connectivity index (χ1n) is 5.79. The van der Waals surface area contributed by atoms with E-state index in [0.29, 0.717) is 27.2 Å². The van der Waals surface area contributed by atoms with Crippen molar-refractivity contribution in [1.82, 2.24) is 10.9 Å². The van der Waals surface area contributed by atoms with Crippen LogP contribution in [0.1, 0.15) is 15.9 Å². The average Bonchev–Trinajstić information content (AvgIpc) is 2.41. The maximum Gasteiger partial charge on any atom is 0.266 e. The Hall–Kier alpha value is -1.26. The lowest BCUT2D eigenvalue weighted by atomic mass is 10.2. The fourth-order valence-electron chi connectivity index (χ4n) is 1.57. The second-order valence-corrected chi connectivity index (χ2v) is 5.34. The molecule has 0 aromatic heterocycles. The molecule has 0 heterocycles. The maximum absolute atomic E-state index is 11.9. The van der Waals surface area contributed by atoms with E-state index in [9.17, 15) is 4.79 Å². The van der Waals surface area contributed by atoms with Crippen molar-refractivity contribution >= 4 is 40.7 Å². The lowest BCUT2D eigenvalue weighted by Crippen LogP contribution is -2.36. The number of nitrogens with one attached hydrogen (secondary N) is 2. The molecule has 2 rings (SSSR count). The topological polar surface area (TPSA) is 41.1 Å². The summed E-state index contributed by atoms with van der Waals surface area (Å²) in [5.74, 6) is -0.319. The Kier molecular flexibility index (Phi) is 5.26. The third-order valence-electron chi connectivity index (χ3n) is 2.58. The number of amides is 1. The first kappa shape index (κ1) is 15.1. The Morgan fingerprint density at radius 3 is 2.25 bits per heavy atom. The minimum atomic E-state index is -0.319. The highest BCUT2D eigenvalue weighted by molar-refractivity contribution is 6.36. The van der Waals surface area contributed by atoms with Crippen molar-refractivity contribution < 1.29 is 4.79 Å². The van der Waals surface area contributed by atoms with Crippen LogP contribution in [0.25, 0.3) is 0 Å². The summed E-state index contributed by atoms with van der Waals surface area (Å²) in [5.41, 5.74) is 6.76. The normalized spacial score (nSPS) is 10.3. The van der Waals surface area contributed by atoms with Crippen LogP contribution in [-0.2, 0) is 6.54 Å². The summed E-state index contributed by atoms with van der Waals surface area (Å²) in [5, 5.41) is 1.47. The zero-order valence-electron chi connectivity index (χ0n) is 10.3. The SMILES string of the molecule is O=C(NNCc1ccc(Cl)cc1)c1ccc(Cl)cc1Cl. The monoisotopic (exact) mass is 328 g/mol. The van der Waals surface area contributed by atoms with Crippen molar-refractivity contribution in [3.05, 3.63) is 68.7 Å². The molecule has 0 aliphatic rings. The predicted molar refractivity (Wildman–Crippen MR) is 82.2 cm³/mol. The first-order chi connectivity index (χ1) is 9.56. The number of halogens is 3. The number of rotatable bonds is 4. The molecule has 2 aromatic rings. The molecule has 2 N–H and O–H groups in total. The van der Waals surface area contributed by atoms with Gasteiger partial charge in [-0.3, -0.25) is 10.2 Å². The molecule has 0 aliphatic heterocycles. The lowest BCUT2D eigenvalue weighted by Gasteiger charge is -2.08. The molecule has 20 heavy (non-hydrogen) atoms. The van der Waals surface area contributed by atoms with Crippen LogP contribution in [0.2, 0.25) is 15.1 Å². The summed E-state index contributed by atoms with van der Waals surface area (Å²) in [6, 6.07) is 12.0. The van der Waals surface area contributed by atoms with Gasteiger partial charge in [-0.2, -0.15) is 0 Å². The molecule has 2 aromatic carbocycles. The highest BCUT2D eigenvalue weighted by atomic mass is 35.5. The fourth-order valence-corrected chi connectivity index (χ4v) is 2.19. The average molecular weight is 330 g/mol. The molecule has 0 aliphatic carbocycles. The molecule has 0 saturated carbocycles. The zero-order valence-corrected chi connectivity index (χ0v) is 12.6. The molecule has 0 spiro atoms. The van der Waals surface area contributed by atoms with E-state index >= 15 is 0 Å². The van der Waals surface area contributed by atoms with Gasteiger partial charge in [0, 0.05) is 16.6 Å². The van der Waals surface area contributed by atoms with Crippen LogP contribution in [-0.4, -0.2) is 5.91 Å². The summed E-state index contributed by atoms with van der Waals surface area (Å²) < 4.78 is 0. The maximum atomic E-state index is 11.9. The number of carbonyl (C=O) groups is 1. The molecule has 0 radical (unpaired) electrons. The van der Waals surface area contributed by atoms with Gasteiger partial charge in [-0.15, -0.1) is 0 Å². The minimum absolute atomic E-state index is 0.309. The number of hydrogen-bond donors (Lipinski definition) is 2. The minimum Gasteiger partial charge on any atom is -0.287 e. The van der Waals surface area contributed by atoms with E-state index in [0.717, 1.165) is 5.56 Å². The van der Waals surface area contributed by atoms with Gasteiger partial charge >= 0.3 is 0 Å². The van der Waals surface area contributed by atoms with Crippen molar-refractivity contribution in [1.29, 1.82) is 0 Å². The fraction of sp³-hybridized carbons (Fsp3) is 0.0714. The van der Waals surface area contributed by atoms with Gasteiger partial charge in [0.2, 0.25) is 0 Å². The van der Waals surface area contributed by atoms with E-state index in [1.165, 1.54) is 6.07 Å². The van der Waals surface area contributed by atoms with Gasteiger partial charge in [0.15, 0.2) is 0 Å². The third-order valence-corrected chi connectivity index (χ3v) is 3.38. The predicted octanol–water partition coefficient (Wildman–Crippen LogP) is 4.08. The van der Waals surface area contributed by atoms with Crippen LogP contribution in [0.15, 0.2) is 42.5 Å². The Balaban J connectivity index is 1.90. The van der Waals surface area contributed by atoms with Crippen molar-refractivity contribution in [2.75, 3.05) is 0 Å². The molecule has 1 amide bonds. The summed E-state index contributed by atoms with van der Waals surface area (Å²) in [7, 11) is 0. The number of hydrazine groups is 1. The number of hydrogen-bond acceptors (Lipinski definition) is 2. The van der Waals surface area contributed by atoms with Gasteiger partial charge in [-0.1, -0.05) is 46.9 Å². The van der Waals surface area contributed by atoms with E-state index in [1.807, 2.05) is 12.1 Å². The zero-order chi connectivity index (χ0) is 14.5. The van der Waals surface area contributed by atoms with Gasteiger partial charge in [0.05, 0.1) is 10.6 Å². The molecular weight excluding hydrogens is 319 g/mol. The third kappa shape index (κ3) is 4.12. The molecule has 0 saturated heterocycles. The molecule has 3 nitrogen and oxygen atoms in total. The Morgan fingerprint density at radius 2 is 1.60 bits per heavy atom. The Morgan fingerprint density at radius 1 is 0.950 bits per heavy atom. The molecule has 104 valence electrons. The highest BCUT2D eigenvalue weighted by Gasteiger charge is 2.09. The van der Waals surface area contributed by atoms with E-state index < -0.39 is 0 Å². The van der Waals surface area contributed by atoms with Gasteiger partial charge in [-0.25, -0.2) is 5.43 Å². The standard InChI is InChI=1S/C14H11Cl3N2O/c15-10-3-1-9(2-4-10)8-18-19-14(20)12-6-5-11(16)7-13(12)17/h1-7,18H,8H2,(H,19,20). The summed E-state index contributed by atoms with van der Waals surface area (Å²) in [6.07, 6.45) is 0. The molecule has 0 atom stereocenters. The first-order valence-corrected chi connectivity index (χ1v) is 6.92. The van der Waals surface area contributed by atoms with Gasteiger partial charge in [-0.05, 0) is 35.9 Å². The van der Waals surface area contributed by atoms with E-state index in [2.05, 4.69) is 10.9 Å². The summed E-state index contributed by atoms with van der Waals surface area (Å²) >= 11 is 17.5. The van der Waals surface area contributed by atoms with Crippen LogP contribution in [0, 0.1) is 0 Å². The number of benzene rings is 2. The molecule has 0 bridgehead atoms. The van der Waals surface area contributed by atoms with Crippen LogP contribution in [0.3, 0.4) is 0 Å². The van der Waals surface area contributed by atoms with E-state index in [4.69, 9.17) is 34.8 Å². The largest absolute Gasteiger partial charge is 0.287 e. The second kappa shape index (κ2) is 6.95. The van der Waals surface area contributed by atoms with E-state index in [1.54, 1.807) is 24.3 Å². The van der Waals surface area contributed by atoms with Crippen molar-refractivity contribution in [2.45, 2.75) is 6.54 Å². The van der Waals surface area contributed by atoms with Gasteiger partial charge in [0.1, 0.15) is 0 Å². The van der Waals surface area contributed by atoms with Crippen LogP contribution >= 0.6 is 34.8 Å². The summed E-state index contributed by atoms with van der Waals surface area (Å²) in [4.78, 5) is 11.9. The van der Waals surface area contributed by atoms with Crippen molar-refractivity contribution in [3.8, 4) is 0 Å². The number of carbonyl (C=O) groups excluding carboxylic acids is 1. The second-order valence-electron chi connectivity index (χ2n) is 4.06. The Bertz CT molecular complexity index is 614. The van der Waals surface area contributed by atoms with Gasteiger partial charge < -0.3 is 0 Å². The van der Waals surface area contributed by atoms with Crippen LogP contribution in [0.4, 0.5) is 0 Å². The lowest BCUT2D eigenvalue weighted by molar-refractivity contribution is 0.0932. The molecule has 0 unspecified atom stereocenters. The molecular formula is C14H11Cl3N2O. The highest BCUT2D eigenvalue weighted by Crippen LogP contribution is 2.20. The van der Waals surface area contributed by atoms with Crippen molar-refractivity contribution in [3.63, 3.8) is 0 Å². The smallest absolute Gasteiger partial charge is 0.266 e. The summed E-state index contributed by atoms with van der Waals surface area (Å²) in [6.45, 7) is 0.480. The van der Waals surface area contributed by atoms with Crippen molar-refractivity contribution in [2.24, 2.45) is 0 Å². The quantitative estimate of drug-likeness (QED) is 0.830. The molecule has 6 heteroatoms. The Labute approximate surface area is 131 Å². The van der Waals surface area contributed by atoms with E-state index in [-0.39, 0.29) is 5.91 Å². The van der Waals surface area contributed by atoms with Crippen LogP contribution < -0.4 is 10.9 Å². The van der Waals surface area contributed by atoms with Gasteiger partial charge in [0.25, 0.3) is 5.91 Å².